The van der Waals surface area contributed by atoms with Crippen LogP contribution < -0.4 is 11.1 Å². The van der Waals surface area contributed by atoms with Gasteiger partial charge in [-0.05, 0) is 41.1 Å². The molecule has 0 aliphatic carbocycles. The smallest absolute Gasteiger partial charge is 0.106 e. The maximum absolute atomic E-state index is 5.71. The molecule has 2 aromatic heterocycles. The Morgan fingerprint density at radius 1 is 1.26 bits per heavy atom. The third kappa shape index (κ3) is 2.43. The quantitative estimate of drug-likeness (QED) is 0.721. The number of benzene rings is 1. The summed E-state index contributed by atoms with van der Waals surface area (Å²) in [6.45, 7) is 0. The van der Waals surface area contributed by atoms with Gasteiger partial charge in [-0.25, -0.2) is 0 Å². The van der Waals surface area contributed by atoms with E-state index in [1.165, 1.54) is 10.1 Å². The van der Waals surface area contributed by atoms with Crippen molar-refractivity contribution in [1.29, 1.82) is 0 Å². The molecule has 0 saturated heterocycles. The number of hydrogen-bond donors (Lipinski definition) is 2. The summed E-state index contributed by atoms with van der Waals surface area (Å²) in [6, 6.07) is 10.1. The van der Waals surface area contributed by atoms with Gasteiger partial charge in [0.15, 0.2) is 0 Å². The van der Waals surface area contributed by atoms with Crippen molar-refractivity contribution in [2.45, 2.75) is 0 Å². The zero-order valence-corrected chi connectivity index (χ0v) is 11.6. The van der Waals surface area contributed by atoms with Gasteiger partial charge in [-0.15, -0.1) is 11.3 Å². The first-order valence-corrected chi connectivity index (χ1v) is 7.01. The second kappa shape index (κ2) is 4.95. The van der Waals surface area contributed by atoms with Crippen molar-refractivity contribution in [2.24, 2.45) is 5.73 Å². The Morgan fingerprint density at radius 3 is 3.00 bits per heavy atom. The molecule has 0 amide bonds. The number of nitrogens with two attached hydrogens (primary N) is 1. The lowest BCUT2D eigenvalue weighted by molar-refractivity contribution is 1.31. The van der Waals surface area contributed by atoms with Crippen molar-refractivity contribution in [3.05, 3.63) is 53.7 Å². The second-order valence-electron chi connectivity index (χ2n) is 4.08. The van der Waals surface area contributed by atoms with Crippen LogP contribution in [0.4, 0.5) is 11.4 Å². The third-order valence-electron chi connectivity index (χ3n) is 2.82. The number of aromatic nitrogens is 1. The lowest BCUT2D eigenvalue weighted by Gasteiger charge is -2.10. The lowest BCUT2D eigenvalue weighted by atomic mass is 10.2. The van der Waals surface area contributed by atoms with Crippen LogP contribution in [0, 0.1) is 0 Å². The van der Waals surface area contributed by atoms with E-state index in [4.69, 9.17) is 18.0 Å². The molecule has 3 nitrogen and oxygen atoms in total. The summed E-state index contributed by atoms with van der Waals surface area (Å²) in [7, 11) is 0. The minimum absolute atomic E-state index is 0.363. The molecule has 19 heavy (non-hydrogen) atoms. The van der Waals surface area contributed by atoms with Crippen LogP contribution in [0.25, 0.3) is 10.1 Å². The van der Waals surface area contributed by atoms with Crippen LogP contribution in [0.2, 0.25) is 0 Å². The summed E-state index contributed by atoms with van der Waals surface area (Å²) in [5, 5.41) is 6.61. The molecule has 0 unspecified atom stereocenters. The van der Waals surface area contributed by atoms with Gasteiger partial charge in [-0.3, -0.25) is 4.98 Å². The molecule has 0 fully saturated rings. The highest BCUT2D eigenvalue weighted by molar-refractivity contribution is 7.80. The van der Waals surface area contributed by atoms with Crippen LogP contribution in [0.5, 0.6) is 0 Å². The minimum Gasteiger partial charge on any atom is -0.389 e. The minimum atomic E-state index is 0.363. The third-order valence-corrected chi connectivity index (χ3v) is 3.94. The predicted octanol–water partition coefficient (Wildman–Crippen LogP) is 3.67. The largest absolute Gasteiger partial charge is 0.389 e. The normalized spacial score (nSPS) is 10.5. The average Bonchev–Trinajstić information content (AvgIpc) is 2.86. The van der Waals surface area contributed by atoms with E-state index >= 15 is 0 Å². The molecule has 3 N–H and O–H groups in total. The molecule has 0 atom stereocenters. The lowest BCUT2D eigenvalue weighted by Crippen LogP contribution is -2.12. The molecular formula is C14H11N3S2. The first kappa shape index (κ1) is 12.1. The number of fused-ring (bicyclic) bond motifs is 1. The van der Waals surface area contributed by atoms with Gasteiger partial charge in [0.05, 0.1) is 11.9 Å². The molecule has 0 spiro atoms. The Balaban J connectivity index is 1.98. The highest BCUT2D eigenvalue weighted by Crippen LogP contribution is 2.26. The molecule has 94 valence electrons. The summed E-state index contributed by atoms with van der Waals surface area (Å²) in [4.78, 5) is 4.46. The van der Waals surface area contributed by atoms with Gasteiger partial charge in [-0.2, -0.15) is 0 Å². The number of nitrogens with zero attached hydrogens (tertiary/aromatic N) is 1. The molecule has 0 bridgehead atoms. The number of hydrogen-bond acceptors (Lipinski definition) is 4. The molecule has 0 saturated carbocycles. The van der Waals surface area contributed by atoms with Crippen LogP contribution in [0.15, 0.2) is 48.1 Å². The Bertz CT molecular complexity index is 749. The van der Waals surface area contributed by atoms with Crippen molar-refractivity contribution in [3.8, 4) is 0 Å². The Labute approximate surface area is 120 Å². The van der Waals surface area contributed by atoms with Crippen LogP contribution in [0.3, 0.4) is 0 Å². The number of nitrogens with one attached hydrogen (secondary N) is 1. The molecule has 3 rings (SSSR count). The van der Waals surface area contributed by atoms with E-state index in [0.717, 1.165) is 16.9 Å². The topological polar surface area (TPSA) is 50.9 Å². The first-order valence-electron chi connectivity index (χ1n) is 5.72. The van der Waals surface area contributed by atoms with Crippen LogP contribution in [0.1, 0.15) is 5.56 Å². The van der Waals surface area contributed by atoms with Crippen molar-refractivity contribution in [3.63, 3.8) is 0 Å². The van der Waals surface area contributed by atoms with Crippen LogP contribution in [-0.4, -0.2) is 9.97 Å². The molecule has 0 aliphatic rings. The zero-order valence-electron chi connectivity index (χ0n) is 9.96. The predicted molar refractivity (Wildman–Crippen MR) is 85.2 cm³/mol. The van der Waals surface area contributed by atoms with E-state index in [-0.39, 0.29) is 0 Å². The van der Waals surface area contributed by atoms with Crippen molar-refractivity contribution < 1.29 is 0 Å². The Morgan fingerprint density at radius 2 is 2.16 bits per heavy atom. The van der Waals surface area contributed by atoms with Crippen molar-refractivity contribution >= 4 is 50.0 Å². The standard InChI is InChI=1S/C14H11N3S2/c15-14(18)11-3-5-16-8-12(11)17-10-1-2-13-9(7-10)4-6-19-13/h1-8,17H,(H2,15,18). The average molecular weight is 285 g/mol. The fraction of sp³-hybridized carbons (Fsp3) is 0. The van der Waals surface area contributed by atoms with Gasteiger partial charge < -0.3 is 11.1 Å². The molecule has 5 heteroatoms. The van der Waals surface area contributed by atoms with Crippen LogP contribution in [-0.2, 0) is 0 Å². The number of thiophene rings is 1. The fourth-order valence-corrected chi connectivity index (χ4v) is 2.86. The van der Waals surface area contributed by atoms with Gasteiger partial charge in [-0.1, -0.05) is 12.2 Å². The van der Waals surface area contributed by atoms with Gasteiger partial charge in [0, 0.05) is 22.1 Å². The Hall–Kier alpha value is -1.98. The summed E-state index contributed by atoms with van der Waals surface area (Å²) in [6.07, 6.45) is 3.41. The summed E-state index contributed by atoms with van der Waals surface area (Å²) in [5.74, 6) is 0. The van der Waals surface area contributed by atoms with Crippen molar-refractivity contribution in [1.82, 2.24) is 4.98 Å². The van der Waals surface area contributed by atoms with E-state index in [9.17, 15) is 0 Å². The zero-order chi connectivity index (χ0) is 13.2. The highest BCUT2D eigenvalue weighted by Gasteiger charge is 2.05. The number of anilines is 2. The molecule has 1 aromatic carbocycles. The van der Waals surface area contributed by atoms with Crippen LogP contribution >= 0.6 is 23.6 Å². The van der Waals surface area contributed by atoms with Gasteiger partial charge in [0.25, 0.3) is 0 Å². The van der Waals surface area contributed by atoms with Gasteiger partial charge in [0.1, 0.15) is 4.99 Å². The van der Waals surface area contributed by atoms with E-state index in [0.29, 0.717) is 4.99 Å². The van der Waals surface area contributed by atoms with Gasteiger partial charge in [0.2, 0.25) is 0 Å². The van der Waals surface area contributed by atoms with E-state index in [1.807, 2.05) is 12.1 Å². The highest BCUT2D eigenvalue weighted by atomic mass is 32.1. The first-order chi connectivity index (χ1) is 9.24. The summed E-state index contributed by atoms with van der Waals surface area (Å²) < 4.78 is 1.27. The van der Waals surface area contributed by atoms with E-state index < -0.39 is 0 Å². The SMILES string of the molecule is NC(=S)c1ccncc1Nc1ccc2sccc2c1. The monoisotopic (exact) mass is 285 g/mol. The number of thiocarbonyl (C=S) groups is 1. The summed E-state index contributed by atoms with van der Waals surface area (Å²) >= 11 is 6.77. The number of pyridine rings is 1. The van der Waals surface area contributed by atoms with E-state index in [1.54, 1.807) is 23.7 Å². The van der Waals surface area contributed by atoms with Gasteiger partial charge >= 0.3 is 0 Å². The number of rotatable bonds is 3. The molecule has 3 aromatic rings. The van der Waals surface area contributed by atoms with E-state index in [2.05, 4.69) is 33.9 Å². The fourth-order valence-electron chi connectivity index (χ4n) is 1.91. The summed E-state index contributed by atoms with van der Waals surface area (Å²) in [5.41, 5.74) is 8.33. The van der Waals surface area contributed by atoms with Crippen molar-refractivity contribution in [2.75, 3.05) is 5.32 Å². The molecule has 0 radical (unpaired) electrons. The molecule has 2 heterocycles. The second-order valence-corrected chi connectivity index (χ2v) is 5.47. The maximum atomic E-state index is 5.71. The molecule has 0 aliphatic heterocycles. The maximum Gasteiger partial charge on any atom is 0.106 e. The Kier molecular flexibility index (Phi) is 3.15. The molecular weight excluding hydrogens is 274 g/mol.